The fourth-order valence-electron chi connectivity index (χ4n) is 1.46. The number of nitrogens with one attached hydrogen (secondary N) is 1. The molecule has 0 atom stereocenters. The first-order chi connectivity index (χ1) is 7.16. The number of rotatable bonds is 5. The van der Waals surface area contributed by atoms with E-state index >= 15 is 0 Å². The number of nitrogens with zero attached hydrogens (tertiary/aromatic N) is 1. The lowest BCUT2D eigenvalue weighted by Gasteiger charge is -2.06. The summed E-state index contributed by atoms with van der Waals surface area (Å²) in [5, 5.41) is 13.9. The van der Waals surface area contributed by atoms with Crippen molar-refractivity contribution < 1.29 is 4.92 Å². The Morgan fingerprint density at radius 2 is 2.20 bits per heavy atom. The highest BCUT2D eigenvalue weighted by Gasteiger charge is 2.12. The predicted molar refractivity (Wildman–Crippen MR) is 59.8 cm³/mol. The van der Waals surface area contributed by atoms with Crippen LogP contribution in [0, 0.1) is 17.0 Å². The molecule has 0 saturated heterocycles. The average molecular weight is 208 g/mol. The quantitative estimate of drug-likeness (QED) is 0.459. The maximum absolute atomic E-state index is 10.7. The van der Waals surface area contributed by atoms with Crippen LogP contribution in [0.2, 0.25) is 0 Å². The van der Waals surface area contributed by atoms with Crippen LogP contribution in [0.1, 0.15) is 24.5 Å². The van der Waals surface area contributed by atoms with Gasteiger partial charge in [0.2, 0.25) is 0 Å². The van der Waals surface area contributed by atoms with Gasteiger partial charge in [-0.25, -0.2) is 0 Å². The molecule has 0 aromatic heterocycles. The maximum atomic E-state index is 10.7. The van der Waals surface area contributed by atoms with Gasteiger partial charge in [-0.3, -0.25) is 10.1 Å². The molecule has 4 heteroatoms. The summed E-state index contributed by atoms with van der Waals surface area (Å²) in [5.74, 6) is 0. The van der Waals surface area contributed by atoms with E-state index in [0.29, 0.717) is 6.54 Å². The Morgan fingerprint density at radius 3 is 2.80 bits per heavy atom. The van der Waals surface area contributed by atoms with Crippen molar-refractivity contribution in [2.45, 2.75) is 26.8 Å². The zero-order valence-electron chi connectivity index (χ0n) is 9.12. The van der Waals surface area contributed by atoms with Gasteiger partial charge in [0.25, 0.3) is 5.69 Å². The van der Waals surface area contributed by atoms with Gasteiger partial charge >= 0.3 is 0 Å². The van der Waals surface area contributed by atoms with Crippen LogP contribution in [0.15, 0.2) is 18.2 Å². The Morgan fingerprint density at radius 1 is 1.47 bits per heavy atom. The van der Waals surface area contributed by atoms with Gasteiger partial charge in [0, 0.05) is 18.2 Å². The molecule has 0 aliphatic heterocycles. The summed E-state index contributed by atoms with van der Waals surface area (Å²) in [6.07, 6.45) is 1.06. The summed E-state index contributed by atoms with van der Waals surface area (Å²) in [4.78, 5) is 10.4. The Kier molecular flexibility index (Phi) is 4.24. The molecular weight excluding hydrogens is 192 g/mol. The SMILES string of the molecule is CCCNCc1cccc([N+](=O)[O-])c1C. The van der Waals surface area contributed by atoms with Crippen LogP contribution in [0.3, 0.4) is 0 Å². The minimum Gasteiger partial charge on any atom is -0.313 e. The van der Waals surface area contributed by atoms with Crippen LogP contribution in [0.25, 0.3) is 0 Å². The highest BCUT2D eigenvalue weighted by molar-refractivity contribution is 5.44. The Labute approximate surface area is 89.5 Å². The van der Waals surface area contributed by atoms with E-state index in [1.165, 1.54) is 0 Å². The van der Waals surface area contributed by atoms with E-state index in [0.717, 1.165) is 24.1 Å². The summed E-state index contributed by atoms with van der Waals surface area (Å²) in [5.41, 5.74) is 1.95. The standard InChI is InChI=1S/C11H16N2O2/c1-3-7-12-8-10-5-4-6-11(9(10)2)13(14)15/h4-6,12H,3,7-8H2,1-2H3. The van der Waals surface area contributed by atoms with E-state index < -0.39 is 0 Å². The number of hydrogen-bond acceptors (Lipinski definition) is 3. The summed E-state index contributed by atoms with van der Waals surface area (Å²) in [6.45, 7) is 5.51. The van der Waals surface area contributed by atoms with Crippen molar-refractivity contribution in [1.29, 1.82) is 0 Å². The minimum absolute atomic E-state index is 0.200. The van der Waals surface area contributed by atoms with E-state index in [9.17, 15) is 10.1 Å². The lowest BCUT2D eigenvalue weighted by Crippen LogP contribution is -2.14. The molecular formula is C11H16N2O2. The Hall–Kier alpha value is -1.42. The van der Waals surface area contributed by atoms with Crippen LogP contribution in [-0.4, -0.2) is 11.5 Å². The van der Waals surface area contributed by atoms with Crippen LogP contribution in [0.5, 0.6) is 0 Å². The molecule has 0 aliphatic rings. The number of benzene rings is 1. The molecule has 0 aliphatic carbocycles. The van der Waals surface area contributed by atoms with E-state index in [1.807, 2.05) is 6.07 Å². The zero-order chi connectivity index (χ0) is 11.3. The smallest absolute Gasteiger partial charge is 0.272 e. The maximum Gasteiger partial charge on any atom is 0.272 e. The molecule has 1 N–H and O–H groups in total. The second-order valence-corrected chi connectivity index (χ2v) is 3.50. The van der Waals surface area contributed by atoms with Crippen LogP contribution in [0.4, 0.5) is 5.69 Å². The lowest BCUT2D eigenvalue weighted by atomic mass is 10.1. The topological polar surface area (TPSA) is 55.2 Å². The number of hydrogen-bond donors (Lipinski definition) is 1. The van der Waals surface area contributed by atoms with Crippen molar-refractivity contribution in [3.8, 4) is 0 Å². The van der Waals surface area contributed by atoms with Gasteiger partial charge in [0.15, 0.2) is 0 Å². The fraction of sp³-hybridized carbons (Fsp3) is 0.455. The van der Waals surface area contributed by atoms with Gasteiger partial charge in [0.05, 0.1) is 4.92 Å². The third-order valence-corrected chi connectivity index (χ3v) is 2.36. The van der Waals surface area contributed by atoms with Gasteiger partial charge in [-0.15, -0.1) is 0 Å². The summed E-state index contributed by atoms with van der Waals surface area (Å²) < 4.78 is 0. The molecule has 0 heterocycles. The van der Waals surface area contributed by atoms with Gasteiger partial charge in [-0.2, -0.15) is 0 Å². The molecule has 1 aromatic rings. The highest BCUT2D eigenvalue weighted by atomic mass is 16.6. The van der Waals surface area contributed by atoms with Gasteiger partial charge < -0.3 is 5.32 Å². The van der Waals surface area contributed by atoms with Crippen molar-refractivity contribution in [1.82, 2.24) is 5.32 Å². The van der Waals surface area contributed by atoms with Gasteiger partial charge in [-0.05, 0) is 25.5 Å². The van der Waals surface area contributed by atoms with Crippen molar-refractivity contribution in [3.05, 3.63) is 39.4 Å². The summed E-state index contributed by atoms with van der Waals surface area (Å²) in [6, 6.07) is 5.19. The summed E-state index contributed by atoms with van der Waals surface area (Å²) in [7, 11) is 0. The molecule has 0 fully saturated rings. The normalized spacial score (nSPS) is 10.3. The van der Waals surface area contributed by atoms with Crippen LogP contribution >= 0.6 is 0 Å². The Balaban J connectivity index is 2.80. The molecule has 0 saturated carbocycles. The van der Waals surface area contributed by atoms with Crippen molar-refractivity contribution in [2.24, 2.45) is 0 Å². The van der Waals surface area contributed by atoms with E-state index in [2.05, 4.69) is 12.2 Å². The third kappa shape index (κ3) is 3.02. The second-order valence-electron chi connectivity index (χ2n) is 3.50. The summed E-state index contributed by atoms with van der Waals surface area (Å²) >= 11 is 0. The molecule has 0 spiro atoms. The first-order valence-corrected chi connectivity index (χ1v) is 5.10. The Bertz CT molecular complexity index is 350. The first-order valence-electron chi connectivity index (χ1n) is 5.10. The first kappa shape index (κ1) is 11.7. The monoisotopic (exact) mass is 208 g/mol. The van der Waals surface area contributed by atoms with E-state index in [1.54, 1.807) is 19.1 Å². The molecule has 0 bridgehead atoms. The highest BCUT2D eigenvalue weighted by Crippen LogP contribution is 2.20. The molecule has 82 valence electrons. The molecule has 1 rings (SSSR count). The number of nitro benzene ring substituents is 1. The van der Waals surface area contributed by atoms with Crippen molar-refractivity contribution >= 4 is 5.69 Å². The van der Waals surface area contributed by atoms with Crippen LogP contribution in [-0.2, 0) is 6.54 Å². The van der Waals surface area contributed by atoms with Crippen LogP contribution < -0.4 is 5.32 Å². The zero-order valence-corrected chi connectivity index (χ0v) is 9.12. The van der Waals surface area contributed by atoms with Crippen molar-refractivity contribution in [3.63, 3.8) is 0 Å². The molecule has 0 radical (unpaired) electrons. The molecule has 0 unspecified atom stereocenters. The van der Waals surface area contributed by atoms with E-state index in [4.69, 9.17) is 0 Å². The number of nitro groups is 1. The average Bonchev–Trinajstić information content (AvgIpc) is 2.20. The lowest BCUT2D eigenvalue weighted by molar-refractivity contribution is -0.385. The van der Waals surface area contributed by atoms with Crippen molar-refractivity contribution in [2.75, 3.05) is 6.54 Å². The fourth-order valence-corrected chi connectivity index (χ4v) is 1.46. The molecule has 1 aromatic carbocycles. The largest absolute Gasteiger partial charge is 0.313 e. The second kappa shape index (κ2) is 5.46. The van der Waals surface area contributed by atoms with Gasteiger partial charge in [-0.1, -0.05) is 19.1 Å². The molecule has 15 heavy (non-hydrogen) atoms. The predicted octanol–water partition coefficient (Wildman–Crippen LogP) is 2.40. The minimum atomic E-state index is -0.335. The molecule has 0 amide bonds. The van der Waals surface area contributed by atoms with E-state index in [-0.39, 0.29) is 10.6 Å². The van der Waals surface area contributed by atoms with Gasteiger partial charge in [0.1, 0.15) is 0 Å². The third-order valence-electron chi connectivity index (χ3n) is 2.36. The molecule has 4 nitrogen and oxygen atoms in total.